The summed E-state index contributed by atoms with van der Waals surface area (Å²) >= 11 is 9.95. The van der Waals surface area contributed by atoms with Crippen molar-refractivity contribution in [3.05, 3.63) is 63.5 Å². The number of likely N-dealkylation sites (N-methyl/N-ethyl adjacent to an activating group) is 1. The van der Waals surface area contributed by atoms with Crippen LogP contribution in [-0.4, -0.2) is 34.9 Å². The Morgan fingerprint density at radius 1 is 1.04 bits per heavy atom. The molecular formula is C20H18BrNO3S2. The number of hydrogen-bond donors (Lipinski definition) is 0. The number of nitrogens with zero attached hydrogens (tertiary/aromatic N) is 1. The molecule has 0 aliphatic carbocycles. The third-order valence-corrected chi connectivity index (χ3v) is 5.71. The Bertz CT molecular complexity index is 851. The molecule has 27 heavy (non-hydrogen) atoms. The molecular weight excluding hydrogens is 446 g/mol. The van der Waals surface area contributed by atoms with Crippen LogP contribution in [0.1, 0.15) is 12.5 Å². The van der Waals surface area contributed by atoms with Gasteiger partial charge < -0.3 is 9.47 Å². The second-order valence-electron chi connectivity index (χ2n) is 5.65. The number of halogens is 1. The van der Waals surface area contributed by atoms with Gasteiger partial charge in [-0.2, -0.15) is 0 Å². The smallest absolute Gasteiger partial charge is 0.266 e. The molecule has 140 valence electrons. The highest BCUT2D eigenvalue weighted by Gasteiger charge is 2.30. The van der Waals surface area contributed by atoms with Crippen LogP contribution in [0.2, 0.25) is 0 Å². The first-order chi connectivity index (χ1) is 13.1. The van der Waals surface area contributed by atoms with E-state index in [1.165, 1.54) is 11.8 Å². The summed E-state index contributed by atoms with van der Waals surface area (Å²) in [6.07, 6.45) is 1.86. The van der Waals surface area contributed by atoms with Crippen LogP contribution in [0.25, 0.3) is 6.08 Å². The van der Waals surface area contributed by atoms with Gasteiger partial charge in [-0.05, 0) is 55.0 Å². The Hall–Kier alpha value is -1.83. The van der Waals surface area contributed by atoms with Crippen molar-refractivity contribution in [1.82, 2.24) is 4.90 Å². The lowest BCUT2D eigenvalue weighted by molar-refractivity contribution is -0.121. The maximum Gasteiger partial charge on any atom is 0.266 e. The molecule has 1 aliphatic heterocycles. The molecule has 4 nitrogen and oxygen atoms in total. The fourth-order valence-corrected chi connectivity index (χ4v) is 4.08. The predicted octanol–water partition coefficient (Wildman–Crippen LogP) is 5.13. The lowest BCUT2D eigenvalue weighted by Crippen LogP contribution is -2.27. The van der Waals surface area contributed by atoms with E-state index in [-0.39, 0.29) is 5.91 Å². The summed E-state index contributed by atoms with van der Waals surface area (Å²) in [5.41, 5.74) is 0.935. The normalized spacial score (nSPS) is 15.5. The van der Waals surface area contributed by atoms with Gasteiger partial charge in [-0.1, -0.05) is 52.0 Å². The van der Waals surface area contributed by atoms with Crippen molar-refractivity contribution >= 4 is 56.2 Å². The fraction of sp³-hybridized carbons (Fsp3) is 0.200. The highest BCUT2D eigenvalue weighted by Crippen LogP contribution is 2.32. The topological polar surface area (TPSA) is 38.8 Å². The molecule has 0 atom stereocenters. The monoisotopic (exact) mass is 463 g/mol. The number of rotatable bonds is 7. The minimum absolute atomic E-state index is 0.0297. The first kappa shape index (κ1) is 19.9. The van der Waals surface area contributed by atoms with Gasteiger partial charge in [-0.25, -0.2) is 0 Å². The Kier molecular flexibility index (Phi) is 6.93. The maximum atomic E-state index is 12.2. The number of thiocarbonyl (C=S) groups is 1. The van der Waals surface area contributed by atoms with Crippen LogP contribution in [0.5, 0.6) is 11.5 Å². The Morgan fingerprint density at radius 2 is 1.59 bits per heavy atom. The molecule has 0 unspecified atom stereocenters. The first-order valence-corrected chi connectivity index (χ1v) is 10.4. The minimum Gasteiger partial charge on any atom is -0.490 e. The molecule has 0 spiro atoms. The van der Waals surface area contributed by atoms with Crippen LogP contribution in [0, 0.1) is 0 Å². The third kappa shape index (κ3) is 5.34. The van der Waals surface area contributed by atoms with E-state index in [4.69, 9.17) is 21.7 Å². The average Bonchev–Trinajstić information content (AvgIpc) is 2.94. The van der Waals surface area contributed by atoms with Crippen LogP contribution >= 0.6 is 39.9 Å². The summed E-state index contributed by atoms with van der Waals surface area (Å²) in [5, 5.41) is 0. The lowest BCUT2D eigenvalue weighted by Gasteiger charge is -2.09. The van der Waals surface area contributed by atoms with E-state index in [0.29, 0.717) is 29.0 Å². The summed E-state index contributed by atoms with van der Waals surface area (Å²) in [6, 6.07) is 15.3. The van der Waals surface area contributed by atoms with Crippen molar-refractivity contribution in [2.24, 2.45) is 0 Å². The van der Waals surface area contributed by atoms with Crippen LogP contribution < -0.4 is 9.47 Å². The van der Waals surface area contributed by atoms with Gasteiger partial charge in [0.15, 0.2) is 0 Å². The average molecular weight is 464 g/mol. The first-order valence-electron chi connectivity index (χ1n) is 8.43. The van der Waals surface area contributed by atoms with E-state index in [9.17, 15) is 4.79 Å². The Labute approximate surface area is 176 Å². The van der Waals surface area contributed by atoms with Gasteiger partial charge in [0.1, 0.15) is 29.0 Å². The van der Waals surface area contributed by atoms with E-state index in [1.54, 1.807) is 4.90 Å². The lowest BCUT2D eigenvalue weighted by atomic mass is 10.2. The van der Waals surface area contributed by atoms with E-state index in [1.807, 2.05) is 61.5 Å². The van der Waals surface area contributed by atoms with Gasteiger partial charge in [0.25, 0.3) is 5.91 Å². The predicted molar refractivity (Wildman–Crippen MR) is 117 cm³/mol. The molecule has 1 amide bonds. The number of amides is 1. The molecule has 7 heteroatoms. The SMILES string of the molecule is CCN1C(=O)/C(=C/c2ccc(OCCOc3ccc(Br)cc3)cc2)SC1=S. The molecule has 1 saturated heterocycles. The van der Waals surface area contributed by atoms with Gasteiger partial charge in [0, 0.05) is 11.0 Å². The second kappa shape index (κ2) is 9.39. The Morgan fingerprint density at radius 3 is 2.11 bits per heavy atom. The van der Waals surface area contributed by atoms with Crippen LogP contribution in [0.4, 0.5) is 0 Å². The molecule has 1 aliphatic rings. The van der Waals surface area contributed by atoms with E-state index < -0.39 is 0 Å². The molecule has 2 aromatic carbocycles. The molecule has 1 fully saturated rings. The van der Waals surface area contributed by atoms with Crippen molar-refractivity contribution in [1.29, 1.82) is 0 Å². The number of hydrogen-bond acceptors (Lipinski definition) is 5. The van der Waals surface area contributed by atoms with Crippen molar-refractivity contribution in [3.63, 3.8) is 0 Å². The summed E-state index contributed by atoms with van der Waals surface area (Å²) in [5.74, 6) is 1.53. The largest absolute Gasteiger partial charge is 0.490 e. The van der Waals surface area contributed by atoms with Gasteiger partial charge in [0.2, 0.25) is 0 Å². The molecule has 0 aromatic heterocycles. The number of carbonyl (C=O) groups is 1. The fourth-order valence-electron chi connectivity index (χ4n) is 2.43. The van der Waals surface area contributed by atoms with Crippen LogP contribution in [0.15, 0.2) is 57.9 Å². The second-order valence-corrected chi connectivity index (χ2v) is 8.24. The van der Waals surface area contributed by atoms with E-state index in [0.717, 1.165) is 21.5 Å². The summed E-state index contributed by atoms with van der Waals surface area (Å²) in [7, 11) is 0. The highest BCUT2D eigenvalue weighted by atomic mass is 79.9. The van der Waals surface area contributed by atoms with Crippen molar-refractivity contribution in [2.75, 3.05) is 19.8 Å². The zero-order valence-electron chi connectivity index (χ0n) is 14.7. The molecule has 0 bridgehead atoms. The van der Waals surface area contributed by atoms with Crippen molar-refractivity contribution < 1.29 is 14.3 Å². The summed E-state index contributed by atoms with van der Waals surface area (Å²) in [4.78, 5) is 14.5. The van der Waals surface area contributed by atoms with Crippen LogP contribution in [-0.2, 0) is 4.79 Å². The van der Waals surface area contributed by atoms with Crippen LogP contribution in [0.3, 0.4) is 0 Å². The number of carbonyl (C=O) groups excluding carboxylic acids is 1. The zero-order valence-corrected chi connectivity index (χ0v) is 17.9. The summed E-state index contributed by atoms with van der Waals surface area (Å²) in [6.45, 7) is 3.42. The number of ether oxygens (including phenoxy) is 2. The Balaban J connectivity index is 1.50. The molecule has 3 rings (SSSR count). The standard InChI is InChI=1S/C20H18BrNO3S2/c1-2-22-19(23)18(27-20(22)26)13-14-3-7-16(8-4-14)24-11-12-25-17-9-5-15(21)6-10-17/h3-10,13H,2,11-12H2,1H3/b18-13-. The molecule has 0 saturated carbocycles. The number of thioether (sulfide) groups is 1. The highest BCUT2D eigenvalue weighted by molar-refractivity contribution is 9.10. The van der Waals surface area contributed by atoms with E-state index >= 15 is 0 Å². The van der Waals surface area contributed by atoms with Gasteiger partial charge in [-0.15, -0.1) is 0 Å². The summed E-state index contributed by atoms with van der Waals surface area (Å²) < 4.78 is 12.9. The quantitative estimate of drug-likeness (QED) is 0.323. The van der Waals surface area contributed by atoms with Crippen molar-refractivity contribution in [2.45, 2.75) is 6.92 Å². The van der Waals surface area contributed by atoms with Crippen molar-refractivity contribution in [3.8, 4) is 11.5 Å². The van der Waals surface area contributed by atoms with Gasteiger partial charge in [-0.3, -0.25) is 9.69 Å². The molecule has 0 radical (unpaired) electrons. The molecule has 1 heterocycles. The minimum atomic E-state index is -0.0297. The molecule has 2 aromatic rings. The van der Waals surface area contributed by atoms with Gasteiger partial charge in [0.05, 0.1) is 4.91 Å². The zero-order chi connectivity index (χ0) is 19.2. The number of benzene rings is 2. The van der Waals surface area contributed by atoms with Gasteiger partial charge >= 0.3 is 0 Å². The maximum absolute atomic E-state index is 12.2. The van der Waals surface area contributed by atoms with E-state index in [2.05, 4.69) is 15.9 Å². The third-order valence-electron chi connectivity index (χ3n) is 3.80. The molecule has 0 N–H and O–H groups in total.